The molecule has 1 amide bonds. The number of amides is 1. The third kappa shape index (κ3) is 6.78. The summed E-state index contributed by atoms with van der Waals surface area (Å²) < 4.78 is 19.0. The maximum atomic E-state index is 11.8. The van der Waals surface area contributed by atoms with Gasteiger partial charge in [0.25, 0.3) is 5.89 Å². The Morgan fingerprint density at radius 2 is 2.00 bits per heavy atom. The molecular weight excluding hydrogens is 496 g/mol. The van der Waals surface area contributed by atoms with Crippen molar-refractivity contribution in [2.24, 2.45) is 5.41 Å². The highest BCUT2D eigenvalue weighted by Crippen LogP contribution is 2.39. The number of ether oxygens (including phenoxy) is 2. The number of pyridine rings is 1. The molecule has 0 spiro atoms. The number of carbonyl (C=O) groups excluding carboxylic acids is 1. The van der Waals surface area contributed by atoms with Crippen LogP contribution in [-0.2, 0) is 30.5 Å². The van der Waals surface area contributed by atoms with E-state index in [0.29, 0.717) is 37.2 Å². The van der Waals surface area contributed by atoms with Crippen LogP contribution in [0.2, 0.25) is 0 Å². The zero-order chi connectivity index (χ0) is 28.4. The van der Waals surface area contributed by atoms with E-state index in [1.807, 2.05) is 33.8 Å². The largest absolute Gasteiger partial charge is 0.477 e. The first-order chi connectivity index (χ1) is 18.4. The number of aromatic nitrogens is 5. The Morgan fingerprint density at radius 3 is 2.69 bits per heavy atom. The fraction of sp³-hybridized carbons (Fsp3) is 0.621. The fourth-order valence-corrected chi connectivity index (χ4v) is 4.84. The highest BCUT2D eigenvalue weighted by Gasteiger charge is 2.32. The van der Waals surface area contributed by atoms with Gasteiger partial charge in [-0.25, -0.2) is 9.78 Å². The Bertz CT molecular complexity index is 1320. The van der Waals surface area contributed by atoms with E-state index in [2.05, 4.69) is 42.9 Å². The Hall–Kier alpha value is -3.43. The van der Waals surface area contributed by atoms with Gasteiger partial charge in [-0.3, -0.25) is 4.68 Å². The number of rotatable bonds is 9. The van der Waals surface area contributed by atoms with Crippen molar-refractivity contribution in [3.05, 3.63) is 28.6 Å². The molecule has 4 rings (SSSR count). The van der Waals surface area contributed by atoms with Crippen LogP contribution in [0.15, 0.2) is 10.6 Å². The van der Waals surface area contributed by atoms with Crippen LogP contribution in [-0.4, -0.2) is 49.8 Å². The lowest BCUT2D eigenvalue weighted by Crippen LogP contribution is -2.33. The number of hydrogen-bond donors (Lipinski definition) is 1. The summed E-state index contributed by atoms with van der Waals surface area (Å²) in [6.07, 6.45) is 3.98. The number of nitrogens with one attached hydrogen (secondary N) is 1. The van der Waals surface area contributed by atoms with E-state index < -0.39 is 11.7 Å². The molecule has 39 heavy (non-hydrogen) atoms. The second-order valence-electron chi connectivity index (χ2n) is 11.9. The molecule has 1 N–H and O–H groups in total. The number of aryl methyl sites for hydroxylation is 3. The predicted octanol–water partition coefficient (Wildman–Crippen LogP) is 5.69. The molecule has 1 aliphatic rings. The molecule has 3 aromatic rings. The maximum Gasteiger partial charge on any atom is 0.407 e. The molecule has 10 nitrogen and oxygen atoms in total. The van der Waals surface area contributed by atoms with Crippen molar-refractivity contribution < 1.29 is 18.8 Å². The second-order valence-corrected chi connectivity index (χ2v) is 11.9. The smallest absolute Gasteiger partial charge is 0.407 e. The Morgan fingerprint density at radius 1 is 1.23 bits per heavy atom. The highest BCUT2D eigenvalue weighted by atomic mass is 16.6. The van der Waals surface area contributed by atoms with Gasteiger partial charge in [0.2, 0.25) is 11.7 Å². The van der Waals surface area contributed by atoms with Crippen molar-refractivity contribution >= 4 is 6.09 Å². The van der Waals surface area contributed by atoms with Crippen molar-refractivity contribution in [1.29, 1.82) is 0 Å². The molecule has 1 aliphatic carbocycles. The standard InChI is InChI=1S/C29H42N6O4/c1-9-19-16-21(18(3)31-25(19)37-15-11-14-30-27(36)38-28(4,5)6)24-32-26(39-34-24)23-20-12-13-29(7,8)17-22(20)35(10-2)33-23/h16H,9-15,17H2,1-8H3,(H,30,36). The SMILES string of the molecule is CCc1cc(-c2noc(-c3nn(CC)c4c3CCC(C)(C)C4)n2)c(C)nc1OCCCNC(=O)OC(C)(C)C. The van der Waals surface area contributed by atoms with E-state index in [1.54, 1.807) is 0 Å². The first-order valence-corrected chi connectivity index (χ1v) is 13.9. The summed E-state index contributed by atoms with van der Waals surface area (Å²) in [6, 6.07) is 2.02. The molecule has 0 fully saturated rings. The maximum absolute atomic E-state index is 11.8. The van der Waals surface area contributed by atoms with Gasteiger partial charge in [-0.15, -0.1) is 0 Å². The van der Waals surface area contributed by atoms with Crippen molar-refractivity contribution in [3.63, 3.8) is 0 Å². The first kappa shape index (κ1) is 28.6. The number of alkyl carbamates (subject to hydrolysis) is 1. The van der Waals surface area contributed by atoms with Crippen LogP contribution in [0.5, 0.6) is 5.88 Å². The van der Waals surface area contributed by atoms with E-state index in [1.165, 1.54) is 11.3 Å². The van der Waals surface area contributed by atoms with Gasteiger partial charge >= 0.3 is 6.09 Å². The summed E-state index contributed by atoms with van der Waals surface area (Å²) in [5, 5.41) is 11.9. The summed E-state index contributed by atoms with van der Waals surface area (Å²) in [5.41, 5.74) is 5.55. The third-order valence-corrected chi connectivity index (χ3v) is 6.89. The average Bonchev–Trinajstić information content (AvgIpc) is 3.46. The molecule has 0 unspecified atom stereocenters. The summed E-state index contributed by atoms with van der Waals surface area (Å²) in [6.45, 7) is 17.9. The van der Waals surface area contributed by atoms with Gasteiger partial charge in [0.05, 0.1) is 12.3 Å². The van der Waals surface area contributed by atoms with Crippen LogP contribution in [0.3, 0.4) is 0 Å². The topological polar surface area (TPSA) is 117 Å². The van der Waals surface area contributed by atoms with E-state index in [9.17, 15) is 4.79 Å². The summed E-state index contributed by atoms with van der Waals surface area (Å²) >= 11 is 0. The zero-order valence-electron chi connectivity index (χ0n) is 24.6. The normalized spacial score (nSPS) is 14.7. The van der Waals surface area contributed by atoms with Crippen LogP contribution in [0.1, 0.15) is 83.8 Å². The monoisotopic (exact) mass is 538 g/mol. The summed E-state index contributed by atoms with van der Waals surface area (Å²) in [7, 11) is 0. The second kappa shape index (κ2) is 11.4. The van der Waals surface area contributed by atoms with Crippen LogP contribution in [0.25, 0.3) is 23.0 Å². The average molecular weight is 539 g/mol. The molecule has 0 aliphatic heterocycles. The van der Waals surface area contributed by atoms with E-state index in [4.69, 9.17) is 29.1 Å². The molecule has 10 heteroatoms. The predicted molar refractivity (Wildman–Crippen MR) is 149 cm³/mol. The van der Waals surface area contributed by atoms with Crippen LogP contribution in [0.4, 0.5) is 4.79 Å². The Kier molecular flexibility index (Phi) is 8.32. The minimum atomic E-state index is -0.521. The van der Waals surface area contributed by atoms with Crippen molar-refractivity contribution in [3.8, 4) is 28.9 Å². The van der Waals surface area contributed by atoms with Crippen molar-refractivity contribution in [2.45, 2.75) is 99.6 Å². The molecule has 0 radical (unpaired) electrons. The molecule has 0 bridgehead atoms. The third-order valence-electron chi connectivity index (χ3n) is 6.89. The van der Waals surface area contributed by atoms with Crippen molar-refractivity contribution in [1.82, 2.24) is 30.2 Å². The molecule has 0 saturated carbocycles. The Labute approximate surface area is 230 Å². The van der Waals surface area contributed by atoms with Crippen LogP contribution < -0.4 is 10.1 Å². The fourth-order valence-electron chi connectivity index (χ4n) is 4.84. The van der Waals surface area contributed by atoms with E-state index >= 15 is 0 Å². The molecule has 3 heterocycles. The zero-order valence-corrected chi connectivity index (χ0v) is 24.6. The lowest BCUT2D eigenvalue weighted by atomic mass is 9.76. The highest BCUT2D eigenvalue weighted by molar-refractivity contribution is 5.67. The molecule has 212 valence electrons. The van der Waals surface area contributed by atoms with Gasteiger partial charge in [0.15, 0.2) is 5.69 Å². The van der Waals surface area contributed by atoms with E-state index in [0.717, 1.165) is 54.7 Å². The first-order valence-electron chi connectivity index (χ1n) is 13.9. The number of carbonyl (C=O) groups is 1. The van der Waals surface area contributed by atoms with Gasteiger partial charge in [-0.2, -0.15) is 10.1 Å². The van der Waals surface area contributed by atoms with Gasteiger partial charge in [-0.1, -0.05) is 25.9 Å². The molecular formula is C29H42N6O4. The lowest BCUT2D eigenvalue weighted by molar-refractivity contribution is 0.0525. The van der Waals surface area contributed by atoms with Crippen molar-refractivity contribution in [2.75, 3.05) is 13.2 Å². The number of fused-ring (bicyclic) bond motifs is 1. The van der Waals surface area contributed by atoms with Gasteiger partial charge in [0.1, 0.15) is 5.60 Å². The number of hydrogen-bond acceptors (Lipinski definition) is 8. The van der Waals surface area contributed by atoms with Gasteiger partial charge in [0, 0.05) is 35.5 Å². The molecule has 3 aromatic heterocycles. The van der Waals surface area contributed by atoms with Crippen LogP contribution in [0, 0.1) is 12.3 Å². The summed E-state index contributed by atoms with van der Waals surface area (Å²) in [5.74, 6) is 1.52. The molecule has 0 saturated heterocycles. The summed E-state index contributed by atoms with van der Waals surface area (Å²) in [4.78, 5) is 21.3. The minimum absolute atomic E-state index is 0.259. The molecule has 0 aromatic carbocycles. The van der Waals surface area contributed by atoms with Crippen LogP contribution >= 0.6 is 0 Å². The van der Waals surface area contributed by atoms with E-state index in [-0.39, 0.29) is 5.41 Å². The van der Waals surface area contributed by atoms with Gasteiger partial charge < -0.3 is 19.3 Å². The quantitative estimate of drug-likeness (QED) is 0.345. The minimum Gasteiger partial charge on any atom is -0.477 e. The Balaban J connectivity index is 1.46. The lowest BCUT2D eigenvalue weighted by Gasteiger charge is -2.30. The van der Waals surface area contributed by atoms with Gasteiger partial charge in [-0.05, 0) is 78.2 Å². The number of nitrogens with zero attached hydrogens (tertiary/aromatic N) is 5. The molecule has 0 atom stereocenters.